The van der Waals surface area contributed by atoms with Gasteiger partial charge in [-0.25, -0.2) is 4.79 Å². The molecule has 178 valence electrons. The number of hydrogen-bond acceptors (Lipinski definition) is 5. The van der Waals surface area contributed by atoms with E-state index < -0.39 is 37.3 Å². The van der Waals surface area contributed by atoms with Gasteiger partial charge in [-0.1, -0.05) is 84.9 Å². The lowest BCUT2D eigenvalue weighted by molar-refractivity contribution is -0.310. The Bertz CT molecular complexity index is 1130. The molecule has 34 heavy (non-hydrogen) atoms. The van der Waals surface area contributed by atoms with Gasteiger partial charge in [0.15, 0.2) is 0 Å². The molecule has 2 N–H and O–H groups in total. The maximum absolute atomic E-state index is 12.9. The van der Waals surface area contributed by atoms with Crippen molar-refractivity contribution >= 4 is 19.4 Å². The van der Waals surface area contributed by atoms with Crippen LogP contribution in [0.5, 0.6) is 0 Å². The number of amides is 1. The molecule has 0 fully saturated rings. The minimum Gasteiger partial charge on any atom is -0.550 e. The molecule has 0 aliphatic heterocycles. The molecule has 0 aliphatic carbocycles. The maximum atomic E-state index is 12.9. The van der Waals surface area contributed by atoms with E-state index in [4.69, 9.17) is 4.74 Å². The molecule has 3 aromatic rings. The fourth-order valence-corrected chi connectivity index (χ4v) is 5.01. The van der Waals surface area contributed by atoms with Crippen molar-refractivity contribution in [1.82, 2.24) is 5.32 Å². The average Bonchev–Trinajstić information content (AvgIpc) is 2.84. The molecule has 3 aromatic carbocycles. The van der Waals surface area contributed by atoms with Crippen LogP contribution in [0.1, 0.15) is 18.1 Å². The van der Waals surface area contributed by atoms with E-state index in [2.05, 4.69) is 5.32 Å². The number of rotatable bonds is 10. The number of nitrogens with one attached hydrogen (secondary N) is 1. The van der Waals surface area contributed by atoms with Crippen LogP contribution in [0.2, 0.25) is 0 Å². The van der Waals surface area contributed by atoms with Gasteiger partial charge < -0.3 is 24.8 Å². The highest BCUT2D eigenvalue weighted by Gasteiger charge is 2.32. The van der Waals surface area contributed by atoms with Crippen molar-refractivity contribution < 1.29 is 28.9 Å². The lowest BCUT2D eigenvalue weighted by Crippen LogP contribution is -2.38. The summed E-state index contributed by atoms with van der Waals surface area (Å²) in [7, 11) is -4.07. The third kappa shape index (κ3) is 7.30. The molecule has 0 aliphatic rings. The van der Waals surface area contributed by atoms with Gasteiger partial charge in [0.1, 0.15) is 12.4 Å². The molecule has 0 saturated carbocycles. The highest BCUT2D eigenvalue weighted by molar-refractivity contribution is 7.58. The van der Waals surface area contributed by atoms with Gasteiger partial charge in [-0.15, -0.1) is 0 Å². The molecule has 0 radical (unpaired) electrons. The van der Waals surface area contributed by atoms with Gasteiger partial charge in [-0.3, -0.25) is 4.57 Å². The van der Waals surface area contributed by atoms with Crippen molar-refractivity contribution in [1.29, 1.82) is 0 Å². The third-order valence-corrected chi connectivity index (χ3v) is 7.81. The minimum absolute atomic E-state index is 0.00969. The van der Waals surface area contributed by atoms with Crippen molar-refractivity contribution in [3.8, 4) is 11.1 Å². The Morgan fingerprint density at radius 3 is 2.06 bits per heavy atom. The standard InChI is InChI=1S/C26H28NO6P/c1-19(27-26(30)33-17-21-8-4-2-5-9-21)34(31,32)18-24(25(28)29)16-20-12-14-23(15-13-20)22-10-6-3-7-11-22/h2-15,19,24H,16-18H2,1H3,(H,27,30)(H,28,29)(H,31,32)/p-1. The predicted octanol–water partition coefficient (Wildman–Crippen LogP) is 3.81. The molecule has 0 aromatic heterocycles. The molecule has 3 atom stereocenters. The van der Waals surface area contributed by atoms with E-state index in [0.29, 0.717) is 5.56 Å². The lowest BCUT2D eigenvalue weighted by Gasteiger charge is -2.25. The van der Waals surface area contributed by atoms with Crippen molar-refractivity contribution in [3.05, 3.63) is 96.1 Å². The number of carboxylic acid groups (broad SMARTS) is 1. The number of ether oxygens (including phenoxy) is 1. The van der Waals surface area contributed by atoms with Gasteiger partial charge in [0.25, 0.3) is 0 Å². The highest BCUT2D eigenvalue weighted by atomic mass is 31.2. The zero-order valence-corrected chi connectivity index (χ0v) is 19.7. The first kappa shape index (κ1) is 25.2. The second-order valence-electron chi connectivity index (χ2n) is 8.10. The number of carbonyl (C=O) groups is 2. The van der Waals surface area contributed by atoms with Gasteiger partial charge >= 0.3 is 6.09 Å². The van der Waals surface area contributed by atoms with Crippen LogP contribution >= 0.6 is 7.37 Å². The second kappa shape index (κ2) is 11.6. The minimum atomic E-state index is -4.07. The molecule has 0 heterocycles. The smallest absolute Gasteiger partial charge is 0.408 e. The Hall–Kier alpha value is -3.41. The van der Waals surface area contributed by atoms with E-state index in [1.54, 1.807) is 36.4 Å². The van der Waals surface area contributed by atoms with Gasteiger partial charge in [0.2, 0.25) is 7.37 Å². The first-order valence-electron chi connectivity index (χ1n) is 10.9. The summed E-state index contributed by atoms with van der Waals surface area (Å²) in [5, 5.41) is 14.1. The van der Waals surface area contributed by atoms with E-state index >= 15 is 0 Å². The largest absolute Gasteiger partial charge is 0.550 e. The molecule has 1 amide bonds. The summed E-state index contributed by atoms with van der Waals surface area (Å²) in [6.45, 7) is 1.36. The molecule has 0 saturated heterocycles. The Morgan fingerprint density at radius 2 is 1.47 bits per heavy atom. The van der Waals surface area contributed by atoms with Crippen LogP contribution in [-0.2, 0) is 27.1 Å². The summed E-state index contributed by atoms with van der Waals surface area (Å²) < 4.78 is 17.9. The quantitative estimate of drug-likeness (QED) is 0.427. The fraction of sp³-hybridized carbons (Fsp3) is 0.231. The first-order chi connectivity index (χ1) is 16.2. The van der Waals surface area contributed by atoms with Crippen molar-refractivity contribution in [2.24, 2.45) is 5.92 Å². The zero-order valence-electron chi connectivity index (χ0n) is 18.8. The topological polar surface area (TPSA) is 116 Å². The second-order valence-corrected chi connectivity index (χ2v) is 10.8. The fourth-order valence-electron chi connectivity index (χ4n) is 3.48. The summed E-state index contributed by atoms with van der Waals surface area (Å²) in [5.74, 6) is -3.79. The molecule has 3 rings (SSSR count). The van der Waals surface area contributed by atoms with Crippen LogP contribution in [0.3, 0.4) is 0 Å². The third-order valence-electron chi connectivity index (χ3n) is 5.50. The molecular formula is C26H27NO6P-. The molecule has 8 heteroatoms. The van der Waals surface area contributed by atoms with E-state index in [9.17, 15) is 24.2 Å². The first-order valence-corrected chi connectivity index (χ1v) is 12.8. The molecule has 3 unspecified atom stereocenters. The predicted molar refractivity (Wildman–Crippen MR) is 128 cm³/mol. The van der Waals surface area contributed by atoms with Crippen molar-refractivity contribution in [3.63, 3.8) is 0 Å². The summed E-state index contributed by atoms with van der Waals surface area (Å²) in [4.78, 5) is 34.3. The van der Waals surface area contributed by atoms with Gasteiger partial charge in [0.05, 0.1) is 0 Å². The number of hydrogen-bond donors (Lipinski definition) is 2. The van der Waals surface area contributed by atoms with E-state index in [0.717, 1.165) is 16.7 Å². The summed E-state index contributed by atoms with van der Waals surface area (Å²) in [6.07, 6.45) is -1.35. The maximum Gasteiger partial charge on any atom is 0.408 e. The van der Waals surface area contributed by atoms with Gasteiger partial charge in [-0.2, -0.15) is 0 Å². The Labute approximate surface area is 198 Å². The number of aliphatic carboxylic acids is 1. The van der Waals surface area contributed by atoms with Crippen LogP contribution in [-0.4, -0.2) is 28.9 Å². The average molecular weight is 480 g/mol. The molecular weight excluding hydrogens is 453 g/mol. The summed E-state index contributed by atoms with van der Waals surface area (Å²) >= 11 is 0. The number of carboxylic acids is 1. The van der Waals surface area contributed by atoms with Crippen LogP contribution < -0.4 is 10.4 Å². The Kier molecular flexibility index (Phi) is 8.63. The monoisotopic (exact) mass is 480 g/mol. The Balaban J connectivity index is 1.58. The lowest BCUT2D eigenvalue weighted by atomic mass is 9.98. The van der Waals surface area contributed by atoms with E-state index in [1.165, 1.54) is 6.92 Å². The molecule has 0 spiro atoms. The SMILES string of the molecule is CC(NC(=O)OCc1ccccc1)P(=O)(O)CC(Cc1ccc(-c2ccccc2)cc1)C(=O)[O-]. The van der Waals surface area contributed by atoms with Crippen LogP contribution in [0, 0.1) is 5.92 Å². The van der Waals surface area contributed by atoms with E-state index in [1.807, 2.05) is 48.5 Å². The molecule has 7 nitrogen and oxygen atoms in total. The number of carbonyl (C=O) groups excluding carboxylic acids is 2. The zero-order chi connectivity index (χ0) is 24.6. The van der Waals surface area contributed by atoms with Crippen LogP contribution in [0.4, 0.5) is 4.79 Å². The van der Waals surface area contributed by atoms with Crippen LogP contribution in [0.15, 0.2) is 84.9 Å². The van der Waals surface area contributed by atoms with Crippen molar-refractivity contribution in [2.75, 3.05) is 6.16 Å². The Morgan fingerprint density at radius 1 is 0.912 bits per heavy atom. The number of alkyl carbamates (subject to hydrolysis) is 1. The van der Waals surface area contributed by atoms with E-state index in [-0.39, 0.29) is 13.0 Å². The normalized spacial score (nSPS) is 14.4. The summed E-state index contributed by atoms with van der Waals surface area (Å²) in [6, 6.07) is 26.1. The van der Waals surface area contributed by atoms with Crippen LogP contribution in [0.25, 0.3) is 11.1 Å². The van der Waals surface area contributed by atoms with Gasteiger partial charge in [-0.05, 0) is 35.6 Å². The number of benzene rings is 3. The van der Waals surface area contributed by atoms with Crippen molar-refractivity contribution in [2.45, 2.75) is 25.7 Å². The van der Waals surface area contributed by atoms with Gasteiger partial charge in [0, 0.05) is 18.0 Å². The summed E-state index contributed by atoms with van der Waals surface area (Å²) in [5.41, 5.74) is 3.49. The highest BCUT2D eigenvalue weighted by Crippen LogP contribution is 2.47. The molecule has 0 bridgehead atoms.